The van der Waals surface area contributed by atoms with Crippen molar-refractivity contribution in [1.29, 1.82) is 0 Å². The van der Waals surface area contributed by atoms with Crippen molar-refractivity contribution in [3.63, 3.8) is 0 Å². The largest absolute Gasteiger partial charge is 0.484 e. The number of hydrogen-bond donors (Lipinski definition) is 2. The number of ether oxygens (including phenoxy) is 1. The minimum absolute atomic E-state index is 0.00108. The van der Waals surface area contributed by atoms with Crippen LogP contribution in [-0.4, -0.2) is 35.3 Å². The zero-order chi connectivity index (χ0) is 21.8. The Balaban J connectivity index is 1.24. The Kier molecular flexibility index (Phi) is 6.70. The highest BCUT2D eigenvalue weighted by molar-refractivity contribution is 6.31. The number of benzene rings is 2. The average molecular weight is 465 g/mol. The molecular formula is C21H19Cl2FN4O3. The first-order chi connectivity index (χ1) is 15.0. The van der Waals surface area contributed by atoms with Gasteiger partial charge in [0, 0.05) is 29.2 Å². The number of nitrogens with one attached hydrogen (secondary N) is 2. The van der Waals surface area contributed by atoms with E-state index in [1.54, 1.807) is 12.1 Å². The highest BCUT2D eigenvalue weighted by atomic mass is 35.5. The fraction of sp³-hybridized carbons (Fsp3) is 0.286. The van der Waals surface area contributed by atoms with Gasteiger partial charge in [-0.15, -0.1) is 10.2 Å². The lowest BCUT2D eigenvalue weighted by Crippen LogP contribution is -2.48. The highest BCUT2D eigenvalue weighted by Gasteiger charge is 2.27. The molecule has 2 atom stereocenters. The molecule has 3 aromatic rings. The van der Waals surface area contributed by atoms with Crippen LogP contribution in [0.4, 0.5) is 4.39 Å². The first-order valence-corrected chi connectivity index (χ1v) is 10.4. The van der Waals surface area contributed by atoms with Crippen molar-refractivity contribution in [2.24, 2.45) is 0 Å². The minimum Gasteiger partial charge on any atom is -0.484 e. The monoisotopic (exact) mass is 464 g/mol. The smallest absolute Gasteiger partial charge is 0.258 e. The van der Waals surface area contributed by atoms with Crippen molar-refractivity contribution in [2.45, 2.75) is 24.9 Å². The van der Waals surface area contributed by atoms with Crippen LogP contribution < -0.4 is 15.4 Å². The molecule has 1 aliphatic heterocycles. The lowest BCUT2D eigenvalue weighted by Gasteiger charge is -2.28. The number of carbonyl (C=O) groups is 1. The van der Waals surface area contributed by atoms with Crippen molar-refractivity contribution >= 4 is 29.1 Å². The molecule has 1 amide bonds. The third-order valence-electron chi connectivity index (χ3n) is 4.87. The lowest BCUT2D eigenvalue weighted by atomic mass is 10.0. The van der Waals surface area contributed by atoms with Crippen molar-refractivity contribution in [3.8, 4) is 17.2 Å². The van der Waals surface area contributed by atoms with E-state index in [9.17, 15) is 9.18 Å². The molecule has 31 heavy (non-hydrogen) atoms. The summed E-state index contributed by atoms with van der Waals surface area (Å²) < 4.78 is 24.5. The first-order valence-electron chi connectivity index (χ1n) is 9.68. The second kappa shape index (κ2) is 9.64. The summed E-state index contributed by atoms with van der Waals surface area (Å²) in [5, 5.41) is 15.1. The predicted molar refractivity (Wildman–Crippen MR) is 114 cm³/mol. The van der Waals surface area contributed by atoms with Crippen LogP contribution in [0.15, 0.2) is 46.9 Å². The molecule has 2 N–H and O–H groups in total. The van der Waals surface area contributed by atoms with Crippen LogP contribution in [0.5, 0.6) is 5.75 Å². The van der Waals surface area contributed by atoms with E-state index in [1.807, 2.05) is 12.1 Å². The van der Waals surface area contributed by atoms with E-state index in [1.165, 1.54) is 12.1 Å². The van der Waals surface area contributed by atoms with Crippen LogP contribution in [0.25, 0.3) is 11.5 Å². The van der Waals surface area contributed by atoms with Crippen LogP contribution in [0.1, 0.15) is 24.8 Å². The normalized spacial score (nSPS) is 18.5. The Morgan fingerprint density at radius 1 is 1.19 bits per heavy atom. The first kappa shape index (κ1) is 21.5. The van der Waals surface area contributed by atoms with E-state index in [-0.39, 0.29) is 35.4 Å². The van der Waals surface area contributed by atoms with Gasteiger partial charge in [-0.1, -0.05) is 23.2 Å². The van der Waals surface area contributed by atoms with Gasteiger partial charge in [-0.3, -0.25) is 4.79 Å². The molecule has 7 nitrogen and oxygen atoms in total. The maximum absolute atomic E-state index is 13.4. The molecule has 0 unspecified atom stereocenters. The summed E-state index contributed by atoms with van der Waals surface area (Å²) in [5.41, 5.74) is 0.796. The Labute approximate surface area is 187 Å². The molecule has 0 bridgehead atoms. The second-order valence-corrected chi connectivity index (χ2v) is 7.96. The van der Waals surface area contributed by atoms with Gasteiger partial charge >= 0.3 is 0 Å². The maximum atomic E-state index is 13.4. The SMILES string of the molecule is O=C(COc1ccc(Cl)c(F)c1)N[C@H]1CC[C@H](c2nnc(-c3ccc(Cl)cc3)o2)NC1. The minimum atomic E-state index is -0.595. The van der Waals surface area contributed by atoms with E-state index in [2.05, 4.69) is 20.8 Å². The van der Waals surface area contributed by atoms with Crippen LogP contribution in [-0.2, 0) is 4.79 Å². The number of carbonyl (C=O) groups excluding carboxylic acids is 1. The summed E-state index contributed by atoms with van der Waals surface area (Å²) in [6, 6.07) is 11.0. The molecule has 10 heteroatoms. The number of halogens is 3. The Morgan fingerprint density at radius 2 is 2.00 bits per heavy atom. The van der Waals surface area contributed by atoms with E-state index in [0.29, 0.717) is 23.3 Å². The number of nitrogens with zero attached hydrogens (tertiary/aromatic N) is 2. The standard InChI is InChI=1S/C21H19Cl2FN4O3/c22-13-3-1-12(2-4-13)20-27-28-21(31-20)18-8-5-14(10-25-18)26-19(29)11-30-15-6-7-16(23)17(24)9-15/h1-4,6-7,9,14,18,25H,5,8,10-11H2,(H,26,29)/t14-,18+/m0/s1. The number of amides is 1. The number of aromatic nitrogens is 2. The van der Waals surface area contributed by atoms with E-state index < -0.39 is 5.82 Å². The van der Waals surface area contributed by atoms with Gasteiger partial charge in [-0.05, 0) is 49.2 Å². The molecule has 1 aliphatic rings. The number of hydrogen-bond acceptors (Lipinski definition) is 6. The molecule has 0 spiro atoms. The summed E-state index contributed by atoms with van der Waals surface area (Å²) in [6.07, 6.45) is 1.45. The van der Waals surface area contributed by atoms with Gasteiger partial charge in [0.1, 0.15) is 11.6 Å². The predicted octanol–water partition coefficient (Wildman–Crippen LogP) is 4.17. The van der Waals surface area contributed by atoms with Gasteiger partial charge < -0.3 is 19.8 Å². The Morgan fingerprint density at radius 3 is 2.71 bits per heavy atom. The molecule has 1 fully saturated rings. The topological polar surface area (TPSA) is 89.3 Å². The summed E-state index contributed by atoms with van der Waals surface area (Å²) in [6.45, 7) is 0.333. The highest BCUT2D eigenvalue weighted by Crippen LogP contribution is 2.26. The third kappa shape index (κ3) is 5.52. The van der Waals surface area contributed by atoms with E-state index >= 15 is 0 Å². The average Bonchev–Trinajstić information content (AvgIpc) is 3.26. The van der Waals surface area contributed by atoms with Gasteiger partial charge in [0.2, 0.25) is 11.8 Å². The molecular weight excluding hydrogens is 446 g/mol. The Bertz CT molecular complexity index is 1050. The van der Waals surface area contributed by atoms with E-state index in [4.69, 9.17) is 32.4 Å². The molecule has 1 saturated heterocycles. The molecule has 0 aliphatic carbocycles. The summed E-state index contributed by atoms with van der Waals surface area (Å²) >= 11 is 11.5. The fourth-order valence-electron chi connectivity index (χ4n) is 3.26. The van der Waals surface area contributed by atoms with Crippen LogP contribution in [0, 0.1) is 5.82 Å². The molecule has 2 aromatic carbocycles. The lowest BCUT2D eigenvalue weighted by molar-refractivity contribution is -0.124. The summed E-state index contributed by atoms with van der Waals surface area (Å²) in [5.74, 6) is 0.292. The zero-order valence-electron chi connectivity index (χ0n) is 16.3. The Hall–Kier alpha value is -2.68. The van der Waals surface area contributed by atoms with Crippen LogP contribution in [0.2, 0.25) is 10.0 Å². The van der Waals surface area contributed by atoms with Crippen LogP contribution in [0.3, 0.4) is 0 Å². The molecule has 0 saturated carbocycles. The maximum Gasteiger partial charge on any atom is 0.258 e. The summed E-state index contributed by atoms with van der Waals surface area (Å²) in [7, 11) is 0. The zero-order valence-corrected chi connectivity index (χ0v) is 17.8. The second-order valence-electron chi connectivity index (χ2n) is 7.12. The van der Waals surface area contributed by atoms with Crippen LogP contribution >= 0.6 is 23.2 Å². The molecule has 4 rings (SSSR count). The fourth-order valence-corrected chi connectivity index (χ4v) is 3.50. The van der Waals surface area contributed by atoms with Gasteiger partial charge in [0.15, 0.2) is 6.61 Å². The van der Waals surface area contributed by atoms with E-state index in [0.717, 1.165) is 24.5 Å². The quantitative estimate of drug-likeness (QED) is 0.568. The molecule has 2 heterocycles. The molecule has 0 radical (unpaired) electrons. The number of piperidine rings is 1. The van der Waals surface area contributed by atoms with Gasteiger partial charge in [-0.25, -0.2) is 4.39 Å². The third-order valence-corrected chi connectivity index (χ3v) is 5.43. The van der Waals surface area contributed by atoms with Crippen molar-refractivity contribution in [1.82, 2.24) is 20.8 Å². The van der Waals surface area contributed by atoms with Crippen molar-refractivity contribution < 1.29 is 18.3 Å². The molecule has 1 aromatic heterocycles. The van der Waals surface area contributed by atoms with Crippen molar-refractivity contribution in [3.05, 3.63) is 64.2 Å². The van der Waals surface area contributed by atoms with Gasteiger partial charge in [0.05, 0.1) is 11.1 Å². The van der Waals surface area contributed by atoms with Gasteiger partial charge in [-0.2, -0.15) is 0 Å². The summed E-state index contributed by atoms with van der Waals surface area (Å²) in [4.78, 5) is 12.1. The van der Waals surface area contributed by atoms with Crippen molar-refractivity contribution in [2.75, 3.05) is 13.2 Å². The molecule has 162 valence electrons. The van der Waals surface area contributed by atoms with Gasteiger partial charge in [0.25, 0.3) is 5.91 Å². The number of rotatable bonds is 6.